The normalized spacial score (nSPS) is 12.3. The molecule has 0 aliphatic heterocycles. The molecule has 0 aliphatic rings. The fraction of sp³-hybridized carbons (Fsp3) is 0.0714. The van der Waals surface area contributed by atoms with E-state index in [0.29, 0.717) is 5.13 Å². The Morgan fingerprint density at radius 3 is 2.71 bits per heavy atom. The Morgan fingerprint density at radius 1 is 1.24 bits per heavy atom. The molecular weight excluding hydrogens is 419 g/mol. The van der Waals surface area contributed by atoms with Crippen LogP contribution in [0.1, 0.15) is 0 Å². The van der Waals surface area contributed by atoms with Crippen molar-refractivity contribution < 1.29 is 8.95 Å². The number of aromatic nitrogens is 1. The molecule has 3 aromatic rings. The highest BCUT2D eigenvalue weighted by Gasteiger charge is 2.11. The predicted molar refractivity (Wildman–Crippen MR) is 95.4 cm³/mol. The second-order valence-electron chi connectivity index (χ2n) is 4.15. The summed E-state index contributed by atoms with van der Waals surface area (Å²) in [6.45, 7) is 0. The van der Waals surface area contributed by atoms with Gasteiger partial charge in [-0.15, -0.1) is 0 Å². The van der Waals surface area contributed by atoms with Crippen LogP contribution in [0, 0.1) is 3.57 Å². The molecule has 0 spiro atoms. The van der Waals surface area contributed by atoms with Crippen LogP contribution in [0.4, 0.5) is 5.13 Å². The van der Waals surface area contributed by atoms with Gasteiger partial charge in [-0.3, -0.25) is 4.72 Å². The van der Waals surface area contributed by atoms with Crippen LogP contribution in [0.25, 0.3) is 10.2 Å². The van der Waals surface area contributed by atoms with Crippen LogP contribution in [0.3, 0.4) is 0 Å². The quantitative estimate of drug-likeness (QED) is 0.636. The topological polar surface area (TPSA) is 51.2 Å². The Balaban J connectivity index is 1.88. The molecule has 0 bridgehead atoms. The largest absolute Gasteiger partial charge is 0.494 e. The molecule has 0 fully saturated rings. The van der Waals surface area contributed by atoms with Crippen molar-refractivity contribution in [2.45, 2.75) is 4.90 Å². The minimum atomic E-state index is -1.32. The second kappa shape index (κ2) is 6.29. The Labute approximate surface area is 142 Å². The van der Waals surface area contributed by atoms with E-state index in [4.69, 9.17) is 4.74 Å². The smallest absolute Gasteiger partial charge is 0.196 e. The van der Waals surface area contributed by atoms with Crippen LogP contribution in [-0.4, -0.2) is 16.3 Å². The van der Waals surface area contributed by atoms with Gasteiger partial charge in [0.1, 0.15) is 11.3 Å². The molecule has 1 unspecified atom stereocenters. The Kier molecular flexibility index (Phi) is 4.41. The first-order valence-corrected chi connectivity index (χ1v) is 9.09. The van der Waals surface area contributed by atoms with Crippen molar-refractivity contribution in [2.24, 2.45) is 0 Å². The van der Waals surface area contributed by atoms with Gasteiger partial charge in [0, 0.05) is 3.57 Å². The van der Waals surface area contributed by atoms with Crippen molar-refractivity contribution in [3.8, 4) is 5.75 Å². The van der Waals surface area contributed by atoms with Crippen molar-refractivity contribution in [1.29, 1.82) is 0 Å². The maximum Gasteiger partial charge on any atom is 0.196 e. The molecule has 0 amide bonds. The second-order valence-corrected chi connectivity index (χ2v) is 7.64. The number of halogens is 1. The summed E-state index contributed by atoms with van der Waals surface area (Å²) in [4.78, 5) is 5.18. The molecule has 21 heavy (non-hydrogen) atoms. The van der Waals surface area contributed by atoms with E-state index in [1.807, 2.05) is 42.5 Å². The fourth-order valence-electron chi connectivity index (χ4n) is 1.83. The first-order valence-electron chi connectivity index (χ1n) is 6.05. The molecule has 1 atom stereocenters. The number of nitrogens with zero attached hydrogens (tertiary/aromatic N) is 1. The number of nitrogens with one attached hydrogen (secondary N) is 1. The van der Waals surface area contributed by atoms with Gasteiger partial charge >= 0.3 is 0 Å². The number of methoxy groups -OCH3 is 1. The maximum atomic E-state index is 12.3. The van der Waals surface area contributed by atoms with Gasteiger partial charge in [-0.25, -0.2) is 9.19 Å². The molecule has 0 aliphatic carbocycles. The number of rotatable bonds is 4. The summed E-state index contributed by atoms with van der Waals surface area (Å²) < 4.78 is 22.6. The molecule has 1 N–H and O–H groups in total. The summed E-state index contributed by atoms with van der Waals surface area (Å²) in [5.41, 5.74) is 0.784. The highest BCUT2D eigenvalue weighted by Crippen LogP contribution is 2.32. The number of para-hydroxylation sites is 1. The number of fused-ring (bicyclic) bond motifs is 1. The molecule has 3 rings (SSSR count). The van der Waals surface area contributed by atoms with Gasteiger partial charge in [0.05, 0.1) is 16.7 Å². The van der Waals surface area contributed by atoms with Crippen molar-refractivity contribution >= 4 is 60.3 Å². The summed E-state index contributed by atoms with van der Waals surface area (Å²) in [5.74, 6) is 0.719. The molecule has 0 radical (unpaired) electrons. The van der Waals surface area contributed by atoms with Crippen LogP contribution < -0.4 is 9.46 Å². The molecule has 0 saturated heterocycles. The van der Waals surface area contributed by atoms with E-state index in [9.17, 15) is 4.21 Å². The van der Waals surface area contributed by atoms with E-state index >= 15 is 0 Å². The van der Waals surface area contributed by atoms with Crippen LogP contribution in [0.15, 0.2) is 47.4 Å². The highest BCUT2D eigenvalue weighted by atomic mass is 127. The Bertz CT molecular complexity index is 802. The van der Waals surface area contributed by atoms with E-state index in [1.165, 1.54) is 11.3 Å². The minimum Gasteiger partial charge on any atom is -0.494 e. The third-order valence-electron chi connectivity index (χ3n) is 2.81. The number of anilines is 1. The molecule has 4 nitrogen and oxygen atoms in total. The van der Waals surface area contributed by atoms with E-state index in [1.54, 1.807) is 7.11 Å². The first kappa shape index (κ1) is 14.7. The van der Waals surface area contributed by atoms with E-state index in [2.05, 4.69) is 32.3 Å². The van der Waals surface area contributed by atoms with Gasteiger partial charge in [-0.2, -0.15) is 0 Å². The van der Waals surface area contributed by atoms with Crippen molar-refractivity contribution in [1.82, 2.24) is 4.98 Å². The lowest BCUT2D eigenvalue weighted by Crippen LogP contribution is -2.04. The van der Waals surface area contributed by atoms with Crippen LogP contribution in [0.2, 0.25) is 0 Å². The zero-order chi connectivity index (χ0) is 14.8. The van der Waals surface area contributed by atoms with Gasteiger partial charge in [0.2, 0.25) is 0 Å². The average Bonchev–Trinajstić information content (AvgIpc) is 2.90. The summed E-state index contributed by atoms with van der Waals surface area (Å²) in [6, 6.07) is 13.3. The summed E-state index contributed by atoms with van der Waals surface area (Å²) >= 11 is 3.67. The highest BCUT2D eigenvalue weighted by molar-refractivity contribution is 14.1. The molecule has 7 heteroatoms. The van der Waals surface area contributed by atoms with Crippen molar-refractivity contribution in [2.75, 3.05) is 11.8 Å². The van der Waals surface area contributed by atoms with Crippen molar-refractivity contribution in [3.05, 3.63) is 46.0 Å². The van der Waals surface area contributed by atoms with E-state index < -0.39 is 11.0 Å². The molecule has 2 aromatic carbocycles. The first-order chi connectivity index (χ1) is 10.2. The monoisotopic (exact) mass is 430 g/mol. The van der Waals surface area contributed by atoms with E-state index in [-0.39, 0.29) is 0 Å². The lowest BCUT2D eigenvalue weighted by Gasteiger charge is -2.02. The third-order valence-corrected chi connectivity index (χ3v) is 5.67. The number of ether oxygens (including phenoxy) is 1. The third kappa shape index (κ3) is 3.19. The van der Waals surface area contributed by atoms with Crippen molar-refractivity contribution in [3.63, 3.8) is 0 Å². The molecule has 1 heterocycles. The number of benzene rings is 2. The van der Waals surface area contributed by atoms with Gasteiger partial charge in [0.15, 0.2) is 16.1 Å². The Morgan fingerprint density at radius 2 is 2.00 bits per heavy atom. The molecule has 1 aromatic heterocycles. The van der Waals surface area contributed by atoms with Crippen LogP contribution in [0.5, 0.6) is 5.75 Å². The van der Waals surface area contributed by atoms with Gasteiger partial charge in [-0.05, 0) is 59.0 Å². The van der Waals surface area contributed by atoms with Crippen LogP contribution in [-0.2, 0) is 11.0 Å². The summed E-state index contributed by atoms with van der Waals surface area (Å²) in [6.07, 6.45) is 0. The van der Waals surface area contributed by atoms with E-state index in [0.717, 1.165) is 24.4 Å². The maximum absolute atomic E-state index is 12.3. The van der Waals surface area contributed by atoms with Crippen LogP contribution >= 0.6 is 33.9 Å². The lowest BCUT2D eigenvalue weighted by atomic mass is 10.3. The Hall–Kier alpha value is -1.19. The zero-order valence-corrected chi connectivity index (χ0v) is 14.8. The standard InChI is InChI=1S/C14H11IN2O2S2/c1-19-11-3-2-4-12-13(11)16-14(20-12)17-21(18)10-7-5-9(15)6-8-10/h2-8H,1H3,(H,16,17). The molecule has 0 saturated carbocycles. The SMILES string of the molecule is COc1cccc2sc(NS(=O)c3ccc(I)cc3)nc12. The van der Waals surface area contributed by atoms with Gasteiger partial charge in [0.25, 0.3) is 0 Å². The number of hydrogen-bond acceptors (Lipinski definition) is 4. The zero-order valence-electron chi connectivity index (χ0n) is 11.0. The summed E-state index contributed by atoms with van der Waals surface area (Å²) in [5, 5.41) is 0.617. The fourth-order valence-corrected chi connectivity index (χ4v) is 4.02. The predicted octanol–water partition coefficient (Wildman–Crippen LogP) is 4.04. The van der Waals surface area contributed by atoms with Gasteiger partial charge < -0.3 is 4.74 Å². The molecular formula is C14H11IN2O2S2. The number of hydrogen-bond donors (Lipinski definition) is 1. The van der Waals surface area contributed by atoms with Gasteiger partial charge in [-0.1, -0.05) is 17.4 Å². The summed E-state index contributed by atoms with van der Waals surface area (Å²) in [7, 11) is 0.292. The minimum absolute atomic E-state index is 0.617. The number of thiazole rings is 1. The average molecular weight is 430 g/mol. The molecule has 108 valence electrons. The lowest BCUT2D eigenvalue weighted by molar-refractivity contribution is 0.419.